The van der Waals surface area contributed by atoms with Crippen LogP contribution >= 0.6 is 0 Å². The molecular weight excluding hydrogens is 320 g/mol. The Kier molecular flexibility index (Phi) is 4.40. The summed E-state index contributed by atoms with van der Waals surface area (Å²) in [6.07, 6.45) is 0. The Hall–Kier alpha value is -3.14. The summed E-state index contributed by atoms with van der Waals surface area (Å²) < 4.78 is 4.38. The summed E-state index contributed by atoms with van der Waals surface area (Å²) in [5.41, 5.74) is 4.07. The number of aryl methyl sites for hydroxylation is 2. The number of pyridine rings is 2. The Morgan fingerprint density at radius 3 is 1.42 bits per heavy atom. The Balaban J connectivity index is 1.95. The fourth-order valence-electron chi connectivity index (χ4n) is 3.45. The van der Waals surface area contributed by atoms with Crippen molar-refractivity contribution in [3.8, 4) is 0 Å². The Bertz CT molecular complexity index is 1110. The predicted octanol–water partition coefficient (Wildman–Crippen LogP) is 4.05. The maximum absolute atomic E-state index is 4.58. The van der Waals surface area contributed by atoms with Gasteiger partial charge < -0.3 is 9.13 Å². The van der Waals surface area contributed by atoms with E-state index in [0.29, 0.717) is 0 Å². The highest BCUT2D eigenvalue weighted by molar-refractivity contribution is 5.79. The van der Waals surface area contributed by atoms with Gasteiger partial charge in [0.1, 0.15) is 0 Å². The maximum atomic E-state index is 4.58. The van der Waals surface area contributed by atoms with Gasteiger partial charge in [-0.2, -0.15) is 0 Å². The first kappa shape index (κ1) is 16.3. The number of nitrogens with zero attached hydrogens (tertiary/aromatic N) is 4. The largest absolute Gasteiger partial charge is 0.325 e. The van der Waals surface area contributed by atoms with E-state index in [1.54, 1.807) is 0 Å². The monoisotopic (exact) mass is 342 g/mol. The lowest BCUT2D eigenvalue weighted by Gasteiger charge is -2.09. The lowest BCUT2D eigenvalue weighted by molar-refractivity contribution is 0.708. The summed E-state index contributed by atoms with van der Waals surface area (Å²) in [5, 5.41) is 11.6. The number of hydrogen-bond donors (Lipinski definition) is 0. The van der Waals surface area contributed by atoms with Gasteiger partial charge in [-0.25, -0.2) is 0 Å². The summed E-state index contributed by atoms with van der Waals surface area (Å²) in [5.74, 6) is 0. The molecule has 0 atom stereocenters. The van der Waals surface area contributed by atoms with E-state index in [9.17, 15) is 0 Å². The summed E-state index contributed by atoms with van der Waals surface area (Å²) >= 11 is 0. The second-order valence-corrected chi connectivity index (χ2v) is 6.19. The molecule has 0 bridgehead atoms. The number of benzene rings is 2. The summed E-state index contributed by atoms with van der Waals surface area (Å²) in [6, 6.07) is 25.0. The van der Waals surface area contributed by atoms with Crippen molar-refractivity contribution in [3.63, 3.8) is 0 Å². The molecule has 0 amide bonds. The van der Waals surface area contributed by atoms with E-state index >= 15 is 0 Å². The Morgan fingerprint density at radius 1 is 0.577 bits per heavy atom. The van der Waals surface area contributed by atoms with Crippen molar-refractivity contribution in [2.45, 2.75) is 26.9 Å². The summed E-state index contributed by atoms with van der Waals surface area (Å²) in [6.45, 7) is 5.96. The topological polar surface area (TPSA) is 34.6 Å². The van der Waals surface area contributed by atoms with Crippen molar-refractivity contribution in [2.24, 2.45) is 10.2 Å². The average molecular weight is 342 g/mol. The number of fused-ring (bicyclic) bond motifs is 2. The maximum Gasteiger partial charge on any atom is 0.155 e. The Labute approximate surface area is 152 Å². The molecule has 4 aromatic rings. The predicted molar refractivity (Wildman–Crippen MR) is 106 cm³/mol. The van der Waals surface area contributed by atoms with Gasteiger partial charge >= 0.3 is 0 Å². The number of aromatic nitrogens is 2. The normalized spacial score (nSPS) is 13.0. The van der Waals surface area contributed by atoms with Gasteiger partial charge in [-0.15, -0.1) is 10.2 Å². The van der Waals surface area contributed by atoms with Crippen LogP contribution in [0.15, 0.2) is 83.0 Å². The van der Waals surface area contributed by atoms with Crippen molar-refractivity contribution >= 4 is 21.8 Å². The molecule has 2 aromatic carbocycles. The van der Waals surface area contributed by atoms with E-state index in [0.717, 1.165) is 24.1 Å². The van der Waals surface area contributed by atoms with E-state index in [1.165, 1.54) is 21.8 Å². The fourth-order valence-corrected chi connectivity index (χ4v) is 3.45. The molecule has 130 valence electrons. The first-order chi connectivity index (χ1) is 12.8. The average Bonchev–Trinajstić information content (AvgIpc) is 2.71. The van der Waals surface area contributed by atoms with Crippen molar-refractivity contribution in [1.82, 2.24) is 9.13 Å². The lowest BCUT2D eigenvalue weighted by Crippen LogP contribution is -2.22. The molecule has 0 aliphatic rings. The smallest absolute Gasteiger partial charge is 0.155 e. The van der Waals surface area contributed by atoms with Crippen LogP contribution in [-0.4, -0.2) is 9.13 Å². The van der Waals surface area contributed by atoms with Gasteiger partial charge in [-0.3, -0.25) is 0 Å². The van der Waals surface area contributed by atoms with E-state index < -0.39 is 0 Å². The van der Waals surface area contributed by atoms with Crippen LogP contribution in [0.3, 0.4) is 0 Å². The zero-order valence-corrected chi connectivity index (χ0v) is 15.1. The molecule has 0 spiro atoms. The van der Waals surface area contributed by atoms with Crippen LogP contribution in [0, 0.1) is 0 Å². The minimum Gasteiger partial charge on any atom is -0.325 e. The van der Waals surface area contributed by atoms with Gasteiger partial charge in [0.15, 0.2) is 11.0 Å². The van der Waals surface area contributed by atoms with Crippen LogP contribution < -0.4 is 11.0 Å². The highest BCUT2D eigenvalue weighted by Crippen LogP contribution is 2.11. The Morgan fingerprint density at radius 2 is 1.00 bits per heavy atom. The first-order valence-corrected chi connectivity index (χ1v) is 9.06. The lowest BCUT2D eigenvalue weighted by atomic mass is 10.2. The number of hydrogen-bond acceptors (Lipinski definition) is 2. The molecule has 0 fully saturated rings. The third kappa shape index (κ3) is 2.84. The molecule has 2 heterocycles. The third-order valence-electron chi connectivity index (χ3n) is 4.72. The molecule has 0 N–H and O–H groups in total. The molecule has 0 saturated heterocycles. The number of rotatable bonds is 3. The van der Waals surface area contributed by atoms with Crippen LogP contribution in [0.25, 0.3) is 21.8 Å². The first-order valence-electron chi connectivity index (χ1n) is 9.06. The second-order valence-electron chi connectivity index (χ2n) is 6.19. The quantitative estimate of drug-likeness (QED) is 0.504. The molecule has 0 aliphatic heterocycles. The third-order valence-corrected chi connectivity index (χ3v) is 4.72. The molecule has 0 unspecified atom stereocenters. The molecule has 4 heteroatoms. The van der Waals surface area contributed by atoms with Gasteiger partial charge in [0.25, 0.3) is 0 Å². The van der Waals surface area contributed by atoms with Crippen molar-refractivity contribution in [2.75, 3.05) is 0 Å². The molecular formula is C22H22N4. The molecule has 4 nitrogen and oxygen atoms in total. The minimum absolute atomic E-state index is 0.848. The van der Waals surface area contributed by atoms with Crippen LogP contribution in [0.1, 0.15) is 13.8 Å². The SMILES string of the molecule is CCn1c(=NN=c2ccc3ccccc3n2CC)ccc2ccccc21. The second kappa shape index (κ2) is 7.00. The molecule has 26 heavy (non-hydrogen) atoms. The van der Waals surface area contributed by atoms with E-state index in [1.807, 2.05) is 12.1 Å². The van der Waals surface area contributed by atoms with E-state index in [2.05, 4.69) is 93.8 Å². The molecule has 4 rings (SSSR count). The van der Waals surface area contributed by atoms with Crippen molar-refractivity contribution < 1.29 is 0 Å². The van der Waals surface area contributed by atoms with Crippen LogP contribution in [0.5, 0.6) is 0 Å². The van der Waals surface area contributed by atoms with Crippen LogP contribution in [0.2, 0.25) is 0 Å². The number of para-hydroxylation sites is 2. The fraction of sp³-hybridized carbons (Fsp3) is 0.182. The van der Waals surface area contributed by atoms with Crippen molar-refractivity contribution in [3.05, 3.63) is 83.8 Å². The zero-order valence-electron chi connectivity index (χ0n) is 15.1. The van der Waals surface area contributed by atoms with Crippen molar-refractivity contribution in [1.29, 1.82) is 0 Å². The minimum atomic E-state index is 0.848. The molecule has 0 aliphatic carbocycles. The van der Waals surface area contributed by atoms with Gasteiger partial charge in [0, 0.05) is 24.1 Å². The van der Waals surface area contributed by atoms with Gasteiger partial charge in [-0.05, 0) is 61.0 Å². The zero-order chi connectivity index (χ0) is 17.9. The van der Waals surface area contributed by atoms with Gasteiger partial charge in [0.05, 0.1) is 0 Å². The van der Waals surface area contributed by atoms with Gasteiger partial charge in [-0.1, -0.05) is 36.4 Å². The van der Waals surface area contributed by atoms with Crippen LogP contribution in [0.4, 0.5) is 0 Å². The van der Waals surface area contributed by atoms with Gasteiger partial charge in [0.2, 0.25) is 0 Å². The highest BCUT2D eigenvalue weighted by Gasteiger charge is 2.00. The van der Waals surface area contributed by atoms with E-state index in [4.69, 9.17) is 0 Å². The molecule has 0 radical (unpaired) electrons. The standard InChI is InChI=1S/C22H22N4/c1-3-25-19-11-7-5-9-17(19)13-15-21(25)23-24-22-16-14-18-10-6-8-12-20(18)26(22)4-2/h5-16H,3-4H2,1-2H3. The highest BCUT2D eigenvalue weighted by atomic mass is 15.3. The summed E-state index contributed by atoms with van der Waals surface area (Å²) in [7, 11) is 0. The van der Waals surface area contributed by atoms with Crippen LogP contribution in [-0.2, 0) is 13.1 Å². The van der Waals surface area contributed by atoms with E-state index in [-0.39, 0.29) is 0 Å². The summed E-state index contributed by atoms with van der Waals surface area (Å²) in [4.78, 5) is 0. The molecule has 2 aromatic heterocycles. The molecule has 0 saturated carbocycles.